The average Bonchev–Trinajstić information content (AvgIpc) is 1.90. The highest BCUT2D eigenvalue weighted by molar-refractivity contribution is 5.92. The third-order valence-electron chi connectivity index (χ3n) is 1.30. The number of allylic oxidation sites excluding steroid dienone is 4. The van der Waals surface area contributed by atoms with Gasteiger partial charge < -0.3 is 5.53 Å². The molecule has 2 heteroatoms. The average molecular weight is 120 g/mol. The predicted molar refractivity (Wildman–Crippen MR) is 36.1 cm³/mol. The highest BCUT2D eigenvalue weighted by atomic mass is 14.8. The second-order valence-corrected chi connectivity index (χ2v) is 2.08. The van der Waals surface area contributed by atoms with E-state index in [0.29, 0.717) is 0 Å². The van der Waals surface area contributed by atoms with Crippen molar-refractivity contribution in [2.45, 2.75) is 13.3 Å². The summed E-state index contributed by atoms with van der Waals surface area (Å²) in [7, 11) is 0. The van der Waals surface area contributed by atoms with Crippen molar-refractivity contribution in [3.63, 3.8) is 0 Å². The van der Waals surface area contributed by atoms with Crippen LogP contribution in [0.5, 0.6) is 0 Å². The van der Waals surface area contributed by atoms with Crippen molar-refractivity contribution >= 4 is 5.71 Å². The molecule has 0 bridgehead atoms. The second-order valence-electron chi connectivity index (χ2n) is 2.08. The van der Waals surface area contributed by atoms with Crippen LogP contribution in [0.4, 0.5) is 0 Å². The van der Waals surface area contributed by atoms with E-state index in [1.165, 1.54) is 5.57 Å². The molecule has 0 aromatic heterocycles. The summed E-state index contributed by atoms with van der Waals surface area (Å²) in [5.41, 5.74) is 10.2. The SMILES string of the molecule is CC1=CCC(=[N+]=[N-])C=C1. The predicted octanol–water partition coefficient (Wildman–Crippen LogP) is 1.56. The Morgan fingerprint density at radius 2 is 2.33 bits per heavy atom. The molecule has 0 radical (unpaired) electrons. The first-order valence-electron chi connectivity index (χ1n) is 2.88. The molecular weight excluding hydrogens is 112 g/mol. The van der Waals surface area contributed by atoms with Crippen LogP contribution in [0.2, 0.25) is 0 Å². The first-order chi connectivity index (χ1) is 4.33. The molecule has 1 rings (SSSR count). The molecule has 0 aromatic carbocycles. The molecule has 9 heavy (non-hydrogen) atoms. The third-order valence-corrected chi connectivity index (χ3v) is 1.30. The first kappa shape index (κ1) is 5.99. The fourth-order valence-corrected chi connectivity index (χ4v) is 0.703. The van der Waals surface area contributed by atoms with E-state index in [9.17, 15) is 0 Å². The van der Waals surface area contributed by atoms with Gasteiger partial charge >= 0.3 is 0 Å². The summed E-state index contributed by atoms with van der Waals surface area (Å²) in [5, 5.41) is 0. The lowest BCUT2D eigenvalue weighted by Gasteiger charge is -1.93. The summed E-state index contributed by atoms with van der Waals surface area (Å²) in [6, 6.07) is 0. The Morgan fingerprint density at radius 1 is 1.56 bits per heavy atom. The zero-order chi connectivity index (χ0) is 6.69. The van der Waals surface area contributed by atoms with Gasteiger partial charge in [-0.25, -0.2) is 0 Å². The van der Waals surface area contributed by atoms with Gasteiger partial charge in [0.1, 0.15) is 0 Å². The molecule has 1 aliphatic rings. The van der Waals surface area contributed by atoms with E-state index in [-0.39, 0.29) is 0 Å². The van der Waals surface area contributed by atoms with Crippen molar-refractivity contribution in [3.05, 3.63) is 29.3 Å². The molecule has 0 unspecified atom stereocenters. The van der Waals surface area contributed by atoms with Gasteiger partial charge in [-0.2, -0.15) is 4.79 Å². The topological polar surface area (TPSA) is 36.4 Å². The summed E-state index contributed by atoms with van der Waals surface area (Å²) < 4.78 is 0. The summed E-state index contributed by atoms with van der Waals surface area (Å²) >= 11 is 0. The molecule has 0 aliphatic heterocycles. The van der Waals surface area contributed by atoms with Crippen LogP contribution < -0.4 is 0 Å². The van der Waals surface area contributed by atoms with Crippen LogP contribution in [0.1, 0.15) is 13.3 Å². The van der Waals surface area contributed by atoms with Crippen molar-refractivity contribution in [2.75, 3.05) is 0 Å². The van der Waals surface area contributed by atoms with E-state index in [4.69, 9.17) is 5.53 Å². The van der Waals surface area contributed by atoms with E-state index >= 15 is 0 Å². The highest BCUT2D eigenvalue weighted by Crippen LogP contribution is 2.04. The molecule has 0 fully saturated rings. The van der Waals surface area contributed by atoms with Gasteiger partial charge in [-0.3, -0.25) is 0 Å². The van der Waals surface area contributed by atoms with E-state index in [0.717, 1.165) is 12.1 Å². The van der Waals surface area contributed by atoms with Gasteiger partial charge in [0, 0.05) is 6.08 Å². The van der Waals surface area contributed by atoms with Gasteiger partial charge in [0.25, 0.3) is 5.71 Å². The Kier molecular flexibility index (Phi) is 1.61. The molecule has 1 aliphatic carbocycles. The minimum Gasteiger partial charge on any atom is -0.361 e. The van der Waals surface area contributed by atoms with Gasteiger partial charge in [-0.05, 0) is 6.92 Å². The summed E-state index contributed by atoms with van der Waals surface area (Å²) in [4.78, 5) is 3.07. The number of hydrogen-bond donors (Lipinski definition) is 0. The third kappa shape index (κ3) is 1.37. The van der Waals surface area contributed by atoms with Gasteiger partial charge in [0.05, 0.1) is 6.42 Å². The van der Waals surface area contributed by atoms with Crippen molar-refractivity contribution in [2.24, 2.45) is 0 Å². The smallest absolute Gasteiger partial charge is 0.295 e. The highest BCUT2D eigenvalue weighted by Gasteiger charge is 2.03. The summed E-state index contributed by atoms with van der Waals surface area (Å²) in [5.74, 6) is 0. The van der Waals surface area contributed by atoms with Crippen LogP contribution in [0.25, 0.3) is 5.53 Å². The van der Waals surface area contributed by atoms with Gasteiger partial charge in [-0.15, -0.1) is 0 Å². The lowest BCUT2D eigenvalue weighted by Crippen LogP contribution is -1.96. The molecule has 0 aromatic rings. The van der Waals surface area contributed by atoms with Crippen molar-refractivity contribution < 1.29 is 4.79 Å². The van der Waals surface area contributed by atoms with Crippen LogP contribution in [-0.2, 0) is 0 Å². The Morgan fingerprint density at radius 3 is 2.78 bits per heavy atom. The van der Waals surface area contributed by atoms with Gasteiger partial charge in [-0.1, -0.05) is 17.7 Å². The minimum atomic E-state index is 0.723. The zero-order valence-corrected chi connectivity index (χ0v) is 5.33. The lowest BCUT2D eigenvalue weighted by atomic mass is 10.1. The monoisotopic (exact) mass is 120 g/mol. The van der Waals surface area contributed by atoms with E-state index < -0.39 is 0 Å². The summed E-state index contributed by atoms with van der Waals surface area (Å²) in [6.07, 6.45) is 6.52. The maximum Gasteiger partial charge on any atom is 0.295 e. The van der Waals surface area contributed by atoms with Gasteiger partial charge in [0.2, 0.25) is 0 Å². The quantitative estimate of drug-likeness (QED) is 0.343. The maximum absolute atomic E-state index is 8.28. The summed E-state index contributed by atoms with van der Waals surface area (Å²) in [6.45, 7) is 2.02. The van der Waals surface area contributed by atoms with Crippen molar-refractivity contribution in [1.29, 1.82) is 0 Å². The molecule has 0 N–H and O–H groups in total. The maximum atomic E-state index is 8.28. The number of hydrogen-bond acceptors (Lipinski definition) is 0. The van der Waals surface area contributed by atoms with Crippen LogP contribution in [0.3, 0.4) is 0 Å². The molecule has 46 valence electrons. The number of nitrogens with zero attached hydrogens (tertiary/aromatic N) is 2. The normalized spacial score (nSPS) is 17.0. The minimum absolute atomic E-state index is 0.723. The molecule has 0 saturated heterocycles. The Bertz CT molecular complexity index is 217. The fraction of sp³-hybridized carbons (Fsp3) is 0.286. The molecule has 0 amide bonds. The van der Waals surface area contributed by atoms with E-state index in [1.54, 1.807) is 0 Å². The molecule has 0 spiro atoms. The Hall–Kier alpha value is -1.14. The molecule has 0 saturated carbocycles. The number of rotatable bonds is 0. The Balaban J connectivity index is 2.81. The molecular formula is C7H8N2. The van der Waals surface area contributed by atoms with E-state index in [1.807, 2.05) is 25.2 Å². The van der Waals surface area contributed by atoms with Gasteiger partial charge in [0.15, 0.2) is 0 Å². The van der Waals surface area contributed by atoms with Crippen LogP contribution in [0.15, 0.2) is 23.8 Å². The first-order valence-corrected chi connectivity index (χ1v) is 2.88. The zero-order valence-electron chi connectivity index (χ0n) is 5.33. The van der Waals surface area contributed by atoms with Crippen molar-refractivity contribution in [1.82, 2.24) is 0 Å². The van der Waals surface area contributed by atoms with Crippen LogP contribution in [-0.4, -0.2) is 10.5 Å². The molecule has 0 atom stereocenters. The van der Waals surface area contributed by atoms with Crippen molar-refractivity contribution in [3.8, 4) is 0 Å². The Labute approximate surface area is 54.1 Å². The lowest BCUT2D eigenvalue weighted by molar-refractivity contribution is -0.00540. The van der Waals surface area contributed by atoms with Crippen LogP contribution in [0, 0.1) is 0 Å². The standard InChI is InChI=1S/C7H8N2/c1-6-2-4-7(9-8)5-3-6/h2-4H,5H2,1H3. The molecule has 0 heterocycles. The van der Waals surface area contributed by atoms with Crippen LogP contribution >= 0.6 is 0 Å². The largest absolute Gasteiger partial charge is 0.361 e. The second kappa shape index (κ2) is 2.42. The molecule has 2 nitrogen and oxygen atoms in total. The van der Waals surface area contributed by atoms with E-state index in [2.05, 4.69) is 4.79 Å². The fourth-order valence-electron chi connectivity index (χ4n) is 0.703.